The second kappa shape index (κ2) is 7.04. The molecule has 0 aromatic carbocycles. The fourth-order valence-electron chi connectivity index (χ4n) is 3.25. The number of hydrogen-bond acceptors (Lipinski definition) is 7. The van der Waals surface area contributed by atoms with Crippen molar-refractivity contribution < 1.29 is 4.74 Å². The molecule has 7 heteroatoms. The summed E-state index contributed by atoms with van der Waals surface area (Å²) in [7, 11) is 0. The van der Waals surface area contributed by atoms with Crippen LogP contribution in [-0.4, -0.2) is 65.0 Å². The second-order valence-electron chi connectivity index (χ2n) is 6.23. The van der Waals surface area contributed by atoms with Crippen LogP contribution in [-0.2, 0) is 4.74 Å². The Morgan fingerprint density at radius 2 is 2.13 bits per heavy atom. The molecule has 0 bridgehead atoms. The molecule has 124 valence electrons. The first-order valence-corrected chi connectivity index (χ1v) is 9.20. The minimum Gasteiger partial charge on any atom is -0.379 e. The zero-order valence-corrected chi connectivity index (χ0v) is 14.6. The monoisotopic (exact) mass is 333 g/mol. The Kier molecular flexibility index (Phi) is 5.05. The van der Waals surface area contributed by atoms with E-state index in [9.17, 15) is 5.26 Å². The molecule has 0 saturated carbocycles. The number of nitriles is 1. The molecule has 23 heavy (non-hydrogen) atoms. The molecule has 1 aromatic rings. The second-order valence-corrected chi connectivity index (χ2v) is 7.33. The number of nitrogens with zero attached hydrogens (tertiary/aromatic N) is 4. The van der Waals surface area contributed by atoms with Gasteiger partial charge in [-0.3, -0.25) is 4.90 Å². The van der Waals surface area contributed by atoms with E-state index in [2.05, 4.69) is 26.5 Å². The summed E-state index contributed by atoms with van der Waals surface area (Å²) in [5, 5.41) is 21.2. The average Bonchev–Trinajstić information content (AvgIpc) is 3.07. The summed E-state index contributed by atoms with van der Waals surface area (Å²) < 4.78 is 5.50. The zero-order chi connectivity index (χ0) is 16.3. The van der Waals surface area contributed by atoms with Crippen molar-refractivity contribution in [2.75, 3.05) is 49.7 Å². The quantitative estimate of drug-likeness (QED) is 0.897. The summed E-state index contributed by atoms with van der Waals surface area (Å²) in [6.45, 7) is 8.18. The summed E-state index contributed by atoms with van der Waals surface area (Å²) >= 11 is 2.00. The molecule has 0 spiro atoms. The number of nitrogens with one attached hydrogen (secondary N) is 1. The van der Waals surface area contributed by atoms with Gasteiger partial charge in [0.2, 0.25) is 0 Å². The van der Waals surface area contributed by atoms with E-state index < -0.39 is 0 Å². The van der Waals surface area contributed by atoms with Gasteiger partial charge in [-0.15, -0.1) is 5.10 Å². The van der Waals surface area contributed by atoms with Gasteiger partial charge in [0.15, 0.2) is 5.82 Å². The van der Waals surface area contributed by atoms with Crippen LogP contribution in [0.5, 0.6) is 0 Å². The third-order valence-corrected chi connectivity index (χ3v) is 6.15. The average molecular weight is 333 g/mol. The Balaban J connectivity index is 1.78. The molecule has 3 heterocycles. The van der Waals surface area contributed by atoms with Crippen molar-refractivity contribution in [1.29, 1.82) is 5.26 Å². The van der Waals surface area contributed by atoms with Gasteiger partial charge >= 0.3 is 0 Å². The van der Waals surface area contributed by atoms with Gasteiger partial charge in [0.25, 0.3) is 0 Å². The lowest BCUT2D eigenvalue weighted by Crippen LogP contribution is -2.57. The van der Waals surface area contributed by atoms with Crippen LogP contribution in [0, 0.1) is 25.2 Å². The lowest BCUT2D eigenvalue weighted by Gasteiger charge is -2.43. The molecular formula is C16H23N5OS. The van der Waals surface area contributed by atoms with Crippen LogP contribution in [0.3, 0.4) is 0 Å². The van der Waals surface area contributed by atoms with Crippen molar-refractivity contribution in [2.45, 2.75) is 25.8 Å². The predicted molar refractivity (Wildman–Crippen MR) is 91.8 cm³/mol. The number of anilines is 1. The standard InChI is InChI=1S/C16H23N5OS/c1-12-13(2)19-20-15(14(12)9-17)18-10-16(3-8-23-11-16)21-4-6-22-7-5-21/h3-8,10-11H2,1-2H3,(H,18,20)/t16-/m0/s1. The highest BCUT2D eigenvalue weighted by Gasteiger charge is 2.40. The van der Waals surface area contributed by atoms with E-state index in [1.165, 1.54) is 5.75 Å². The molecular weight excluding hydrogens is 310 g/mol. The Morgan fingerprint density at radius 1 is 1.35 bits per heavy atom. The third-order valence-electron chi connectivity index (χ3n) is 4.92. The van der Waals surface area contributed by atoms with E-state index in [-0.39, 0.29) is 5.54 Å². The number of morpholine rings is 1. The van der Waals surface area contributed by atoms with Crippen molar-refractivity contribution in [3.05, 3.63) is 16.8 Å². The Morgan fingerprint density at radius 3 is 2.78 bits per heavy atom. The first-order chi connectivity index (χ1) is 11.2. The maximum atomic E-state index is 9.44. The first kappa shape index (κ1) is 16.5. The van der Waals surface area contributed by atoms with Crippen molar-refractivity contribution in [2.24, 2.45) is 0 Å². The molecule has 2 aliphatic rings. The molecule has 0 unspecified atom stereocenters. The van der Waals surface area contributed by atoms with Crippen molar-refractivity contribution in [1.82, 2.24) is 15.1 Å². The zero-order valence-electron chi connectivity index (χ0n) is 13.8. The predicted octanol–water partition coefficient (Wildman–Crippen LogP) is 1.58. The van der Waals surface area contributed by atoms with Gasteiger partial charge in [0.1, 0.15) is 11.6 Å². The minimum atomic E-state index is 0.127. The molecule has 0 aliphatic carbocycles. The van der Waals surface area contributed by atoms with Crippen LogP contribution in [0.25, 0.3) is 0 Å². The maximum Gasteiger partial charge on any atom is 0.166 e. The van der Waals surface area contributed by atoms with Crippen LogP contribution in [0.4, 0.5) is 5.82 Å². The molecule has 1 N–H and O–H groups in total. The van der Waals surface area contributed by atoms with E-state index in [1.807, 2.05) is 25.6 Å². The normalized spacial score (nSPS) is 25.3. The smallest absolute Gasteiger partial charge is 0.166 e. The molecule has 1 atom stereocenters. The van der Waals surface area contributed by atoms with Gasteiger partial charge in [-0.25, -0.2) is 0 Å². The fourth-order valence-corrected chi connectivity index (χ4v) is 4.73. The molecule has 2 aliphatic heterocycles. The van der Waals surface area contributed by atoms with Crippen LogP contribution >= 0.6 is 11.8 Å². The number of ether oxygens (including phenoxy) is 1. The van der Waals surface area contributed by atoms with Gasteiger partial charge in [-0.05, 0) is 31.6 Å². The van der Waals surface area contributed by atoms with Gasteiger partial charge in [-0.2, -0.15) is 22.1 Å². The molecule has 3 rings (SSSR count). The van der Waals surface area contributed by atoms with Crippen molar-refractivity contribution in [3.63, 3.8) is 0 Å². The van der Waals surface area contributed by atoms with E-state index in [1.54, 1.807) is 0 Å². The lowest BCUT2D eigenvalue weighted by atomic mass is 9.95. The molecule has 0 amide bonds. The molecule has 0 radical (unpaired) electrons. The number of hydrogen-bond donors (Lipinski definition) is 1. The van der Waals surface area contributed by atoms with E-state index in [4.69, 9.17) is 4.74 Å². The molecule has 2 fully saturated rings. The lowest BCUT2D eigenvalue weighted by molar-refractivity contribution is -0.00923. The SMILES string of the molecule is Cc1nnc(NC[C@@]2(N3CCOCC3)CCSC2)c(C#N)c1C. The highest BCUT2D eigenvalue weighted by Crippen LogP contribution is 2.34. The summed E-state index contributed by atoms with van der Waals surface area (Å²) in [5.74, 6) is 2.91. The van der Waals surface area contributed by atoms with Crippen molar-refractivity contribution >= 4 is 17.6 Å². The molecule has 1 aromatic heterocycles. The Hall–Kier alpha value is -1.36. The Labute approximate surface area is 141 Å². The van der Waals surface area contributed by atoms with Gasteiger partial charge in [-0.1, -0.05) is 0 Å². The van der Waals surface area contributed by atoms with E-state index in [0.29, 0.717) is 11.4 Å². The van der Waals surface area contributed by atoms with Crippen LogP contribution in [0.2, 0.25) is 0 Å². The summed E-state index contributed by atoms with van der Waals surface area (Å²) in [6.07, 6.45) is 1.16. The highest BCUT2D eigenvalue weighted by molar-refractivity contribution is 7.99. The summed E-state index contributed by atoms with van der Waals surface area (Å²) in [5.41, 5.74) is 2.46. The van der Waals surface area contributed by atoms with E-state index >= 15 is 0 Å². The maximum absolute atomic E-state index is 9.44. The number of aromatic nitrogens is 2. The van der Waals surface area contributed by atoms with Crippen molar-refractivity contribution in [3.8, 4) is 6.07 Å². The molecule has 6 nitrogen and oxygen atoms in total. The van der Waals surface area contributed by atoms with Crippen LogP contribution in [0.1, 0.15) is 23.2 Å². The van der Waals surface area contributed by atoms with Gasteiger partial charge < -0.3 is 10.1 Å². The van der Waals surface area contributed by atoms with E-state index in [0.717, 1.165) is 56.3 Å². The van der Waals surface area contributed by atoms with Gasteiger partial charge in [0.05, 0.1) is 18.9 Å². The highest BCUT2D eigenvalue weighted by atomic mass is 32.2. The molecule has 2 saturated heterocycles. The first-order valence-electron chi connectivity index (χ1n) is 8.05. The number of aryl methyl sites for hydroxylation is 1. The van der Waals surface area contributed by atoms with Crippen LogP contribution in [0.15, 0.2) is 0 Å². The topological polar surface area (TPSA) is 74.1 Å². The third kappa shape index (κ3) is 3.30. The number of thioether (sulfide) groups is 1. The summed E-state index contributed by atoms with van der Waals surface area (Å²) in [6, 6.07) is 2.27. The van der Waals surface area contributed by atoms with Crippen LogP contribution < -0.4 is 5.32 Å². The Bertz CT molecular complexity index is 603. The fraction of sp³-hybridized carbons (Fsp3) is 0.688. The summed E-state index contributed by atoms with van der Waals surface area (Å²) in [4.78, 5) is 2.55. The van der Waals surface area contributed by atoms with Gasteiger partial charge in [0, 0.05) is 30.9 Å². The minimum absolute atomic E-state index is 0.127. The largest absolute Gasteiger partial charge is 0.379 e. The number of rotatable bonds is 4.